The Labute approximate surface area is 145 Å². The number of carbonyl (C=O) groups is 1. The number of fused-ring (bicyclic) bond motifs is 1. The van der Waals surface area contributed by atoms with E-state index in [4.69, 9.17) is 15.2 Å². The van der Waals surface area contributed by atoms with Gasteiger partial charge in [-0.25, -0.2) is 4.98 Å². The number of rotatable bonds is 4. The third-order valence-corrected chi connectivity index (χ3v) is 5.25. The number of amides is 1. The van der Waals surface area contributed by atoms with Gasteiger partial charge in [-0.15, -0.1) is 11.3 Å². The van der Waals surface area contributed by atoms with E-state index in [1.54, 1.807) is 26.4 Å². The normalized spacial score (nSPS) is 16.4. The van der Waals surface area contributed by atoms with Crippen LogP contribution in [-0.2, 0) is 12.8 Å². The lowest BCUT2D eigenvalue weighted by Crippen LogP contribution is -2.27. The van der Waals surface area contributed by atoms with Crippen molar-refractivity contribution in [3.8, 4) is 11.5 Å². The predicted molar refractivity (Wildman–Crippen MR) is 94.4 cm³/mol. The van der Waals surface area contributed by atoms with Gasteiger partial charge in [-0.3, -0.25) is 10.1 Å². The first-order chi connectivity index (χ1) is 11.5. The van der Waals surface area contributed by atoms with Crippen molar-refractivity contribution in [3.05, 3.63) is 33.8 Å². The molecule has 1 atom stereocenters. The predicted octanol–water partition coefficient (Wildman–Crippen LogP) is 2.54. The standard InChI is InChI=1S/C17H21N3O3S/c1-9-13(22-2)6-10(7-14(9)23-3)16(21)20-17-19-12-5-4-11(18)8-15(12)24-17/h6-7,11H,4-5,8,18H2,1-3H3,(H,19,20,21)/t11-/m0/s1. The minimum absolute atomic E-state index is 0.187. The number of thiazole rings is 1. The van der Waals surface area contributed by atoms with Crippen LogP contribution in [0.1, 0.15) is 32.9 Å². The van der Waals surface area contributed by atoms with E-state index in [-0.39, 0.29) is 11.9 Å². The molecule has 0 saturated carbocycles. The lowest BCUT2D eigenvalue weighted by Gasteiger charge is -2.15. The average Bonchev–Trinajstić information content (AvgIpc) is 2.96. The molecule has 1 aromatic carbocycles. The summed E-state index contributed by atoms with van der Waals surface area (Å²) < 4.78 is 10.6. The second-order valence-corrected chi connectivity index (χ2v) is 6.94. The minimum Gasteiger partial charge on any atom is -0.496 e. The molecule has 1 amide bonds. The summed E-state index contributed by atoms with van der Waals surface area (Å²) in [6.07, 6.45) is 2.64. The van der Waals surface area contributed by atoms with Crippen LogP contribution in [-0.4, -0.2) is 31.2 Å². The molecular weight excluding hydrogens is 326 g/mol. The Kier molecular flexibility index (Phi) is 4.73. The lowest BCUT2D eigenvalue weighted by molar-refractivity contribution is 0.102. The zero-order valence-corrected chi connectivity index (χ0v) is 14.8. The molecule has 0 spiro atoms. The number of nitrogens with one attached hydrogen (secondary N) is 1. The average molecular weight is 347 g/mol. The Balaban J connectivity index is 1.83. The molecule has 0 fully saturated rings. The second-order valence-electron chi connectivity index (χ2n) is 5.85. The number of methoxy groups -OCH3 is 2. The Hall–Kier alpha value is -2.12. The van der Waals surface area contributed by atoms with Crippen LogP contribution in [0.15, 0.2) is 12.1 Å². The first-order valence-electron chi connectivity index (χ1n) is 7.80. The Morgan fingerprint density at radius 3 is 2.62 bits per heavy atom. The van der Waals surface area contributed by atoms with Gasteiger partial charge in [0.25, 0.3) is 5.91 Å². The number of benzene rings is 1. The molecular formula is C17H21N3O3S. The smallest absolute Gasteiger partial charge is 0.257 e. The van der Waals surface area contributed by atoms with Gasteiger partial charge in [-0.05, 0) is 38.3 Å². The van der Waals surface area contributed by atoms with E-state index < -0.39 is 0 Å². The van der Waals surface area contributed by atoms with E-state index in [1.165, 1.54) is 16.2 Å². The molecule has 0 saturated heterocycles. The summed E-state index contributed by atoms with van der Waals surface area (Å²) in [5.74, 6) is 0.995. The largest absolute Gasteiger partial charge is 0.496 e. The van der Waals surface area contributed by atoms with E-state index in [0.29, 0.717) is 22.2 Å². The van der Waals surface area contributed by atoms with E-state index in [9.17, 15) is 4.79 Å². The van der Waals surface area contributed by atoms with Crippen LogP contribution in [0.25, 0.3) is 0 Å². The summed E-state index contributed by atoms with van der Waals surface area (Å²) in [6, 6.07) is 3.60. The summed E-state index contributed by atoms with van der Waals surface area (Å²) >= 11 is 1.50. The van der Waals surface area contributed by atoms with Crippen LogP contribution in [0.2, 0.25) is 0 Å². The van der Waals surface area contributed by atoms with Crippen molar-refractivity contribution in [1.29, 1.82) is 0 Å². The first kappa shape index (κ1) is 16.7. The highest BCUT2D eigenvalue weighted by Crippen LogP contribution is 2.32. The van der Waals surface area contributed by atoms with E-state index >= 15 is 0 Å². The maximum Gasteiger partial charge on any atom is 0.257 e. The molecule has 128 valence electrons. The molecule has 2 aromatic rings. The maximum absolute atomic E-state index is 12.6. The van der Waals surface area contributed by atoms with Gasteiger partial charge in [0.05, 0.1) is 19.9 Å². The highest BCUT2D eigenvalue weighted by molar-refractivity contribution is 7.15. The second kappa shape index (κ2) is 6.78. The molecule has 3 rings (SSSR count). The third kappa shape index (κ3) is 3.22. The quantitative estimate of drug-likeness (QED) is 0.887. The molecule has 7 heteroatoms. The van der Waals surface area contributed by atoms with E-state index in [0.717, 1.165) is 30.5 Å². The van der Waals surface area contributed by atoms with Gasteiger partial charge in [0.15, 0.2) is 5.13 Å². The fourth-order valence-electron chi connectivity index (χ4n) is 2.84. The van der Waals surface area contributed by atoms with Crippen molar-refractivity contribution < 1.29 is 14.3 Å². The summed E-state index contributed by atoms with van der Waals surface area (Å²) in [4.78, 5) is 18.3. The van der Waals surface area contributed by atoms with Gasteiger partial charge >= 0.3 is 0 Å². The lowest BCUT2D eigenvalue weighted by atomic mass is 9.99. The SMILES string of the molecule is COc1cc(C(=O)Nc2nc3c(s2)C[C@@H](N)CC3)cc(OC)c1C. The molecule has 6 nitrogen and oxygen atoms in total. The summed E-state index contributed by atoms with van der Waals surface area (Å²) in [7, 11) is 3.14. The zero-order valence-electron chi connectivity index (χ0n) is 14.0. The fourth-order valence-corrected chi connectivity index (χ4v) is 3.94. The van der Waals surface area contributed by atoms with Gasteiger partial charge in [0.2, 0.25) is 0 Å². The minimum atomic E-state index is -0.234. The fraction of sp³-hybridized carbons (Fsp3) is 0.412. The van der Waals surface area contributed by atoms with Gasteiger partial charge in [-0.2, -0.15) is 0 Å². The summed E-state index contributed by atoms with van der Waals surface area (Å²) in [6.45, 7) is 1.89. The molecule has 1 aliphatic carbocycles. The number of anilines is 1. The Morgan fingerprint density at radius 2 is 2.00 bits per heavy atom. The highest BCUT2D eigenvalue weighted by atomic mass is 32.1. The number of nitrogens with two attached hydrogens (primary N) is 1. The van der Waals surface area contributed by atoms with Crippen molar-refractivity contribution in [2.24, 2.45) is 5.73 Å². The summed E-state index contributed by atoms with van der Waals surface area (Å²) in [5.41, 5.74) is 8.37. The van der Waals surface area contributed by atoms with Crippen molar-refractivity contribution >= 4 is 22.4 Å². The van der Waals surface area contributed by atoms with E-state index in [1.807, 2.05) is 6.92 Å². The van der Waals surface area contributed by atoms with Crippen LogP contribution in [0.3, 0.4) is 0 Å². The number of hydrogen-bond donors (Lipinski definition) is 2. The number of nitrogens with zero attached hydrogens (tertiary/aromatic N) is 1. The van der Waals surface area contributed by atoms with Crippen LogP contribution in [0, 0.1) is 6.92 Å². The number of aryl methyl sites for hydroxylation is 1. The van der Waals surface area contributed by atoms with E-state index in [2.05, 4.69) is 10.3 Å². The van der Waals surface area contributed by atoms with Crippen LogP contribution >= 0.6 is 11.3 Å². The molecule has 0 bridgehead atoms. The molecule has 24 heavy (non-hydrogen) atoms. The maximum atomic E-state index is 12.6. The van der Waals surface area contributed by atoms with Gasteiger partial charge in [0.1, 0.15) is 11.5 Å². The highest BCUT2D eigenvalue weighted by Gasteiger charge is 2.21. The van der Waals surface area contributed by atoms with Gasteiger partial charge in [-0.1, -0.05) is 0 Å². The van der Waals surface area contributed by atoms with Crippen LogP contribution in [0.4, 0.5) is 5.13 Å². The van der Waals surface area contributed by atoms with Crippen LogP contribution in [0.5, 0.6) is 11.5 Å². The van der Waals surface area contributed by atoms with Crippen LogP contribution < -0.4 is 20.5 Å². The molecule has 0 radical (unpaired) electrons. The monoisotopic (exact) mass is 347 g/mol. The van der Waals surface area contributed by atoms with Gasteiger partial charge < -0.3 is 15.2 Å². The van der Waals surface area contributed by atoms with Crippen molar-refractivity contribution in [3.63, 3.8) is 0 Å². The number of aromatic nitrogens is 1. The number of carbonyl (C=O) groups excluding carboxylic acids is 1. The number of ether oxygens (including phenoxy) is 2. The number of hydrogen-bond acceptors (Lipinski definition) is 6. The molecule has 0 unspecified atom stereocenters. The van der Waals surface area contributed by atoms with Crippen molar-refractivity contribution in [1.82, 2.24) is 4.98 Å². The van der Waals surface area contributed by atoms with Crippen molar-refractivity contribution in [2.45, 2.75) is 32.2 Å². The zero-order chi connectivity index (χ0) is 17.3. The van der Waals surface area contributed by atoms with Crippen molar-refractivity contribution in [2.75, 3.05) is 19.5 Å². The molecule has 0 aliphatic heterocycles. The van der Waals surface area contributed by atoms with Gasteiger partial charge in [0, 0.05) is 22.0 Å². The molecule has 1 heterocycles. The summed E-state index contributed by atoms with van der Waals surface area (Å²) in [5, 5.41) is 3.48. The molecule has 3 N–H and O–H groups in total. The Bertz CT molecular complexity index is 747. The molecule has 1 aromatic heterocycles. The molecule has 1 aliphatic rings. The Morgan fingerprint density at radius 1 is 1.33 bits per heavy atom. The first-order valence-corrected chi connectivity index (χ1v) is 8.61. The third-order valence-electron chi connectivity index (χ3n) is 4.21. The topological polar surface area (TPSA) is 86.5 Å².